The number of nitrogens with one attached hydrogen (secondary N) is 1. The van der Waals surface area contributed by atoms with Gasteiger partial charge < -0.3 is 5.32 Å². The van der Waals surface area contributed by atoms with Crippen molar-refractivity contribution in [1.29, 1.82) is 0 Å². The molecule has 0 unspecified atom stereocenters. The normalized spacial score (nSPS) is 17.4. The van der Waals surface area contributed by atoms with Crippen LogP contribution in [0.5, 0.6) is 0 Å². The Morgan fingerprint density at radius 3 is 2.40 bits per heavy atom. The predicted molar refractivity (Wildman–Crippen MR) is 53.8 cm³/mol. The molecular formula is C10H19F3N2. The molecule has 2 nitrogen and oxygen atoms in total. The molecule has 0 spiro atoms. The Bertz CT molecular complexity index is 178. The molecule has 1 N–H and O–H groups in total. The lowest BCUT2D eigenvalue weighted by Gasteiger charge is -2.23. The average molecular weight is 224 g/mol. The van der Waals surface area contributed by atoms with Gasteiger partial charge in [-0.05, 0) is 25.8 Å². The molecule has 1 aliphatic rings. The first-order valence-electron chi connectivity index (χ1n) is 5.54. The lowest BCUT2D eigenvalue weighted by atomic mass is 10.4. The maximum atomic E-state index is 12.2. The van der Waals surface area contributed by atoms with E-state index < -0.39 is 12.7 Å². The Kier molecular flexibility index (Phi) is 4.86. The summed E-state index contributed by atoms with van der Waals surface area (Å²) in [7, 11) is 0. The molecule has 15 heavy (non-hydrogen) atoms. The van der Waals surface area contributed by atoms with E-state index in [1.165, 1.54) is 0 Å². The van der Waals surface area contributed by atoms with E-state index in [4.69, 9.17) is 0 Å². The molecule has 1 saturated carbocycles. The first-order chi connectivity index (χ1) is 7.03. The van der Waals surface area contributed by atoms with Gasteiger partial charge >= 0.3 is 6.18 Å². The van der Waals surface area contributed by atoms with Gasteiger partial charge in [0, 0.05) is 19.1 Å². The zero-order valence-electron chi connectivity index (χ0n) is 9.11. The Balaban J connectivity index is 2.19. The Hall–Kier alpha value is -0.290. The van der Waals surface area contributed by atoms with Crippen molar-refractivity contribution >= 4 is 0 Å². The van der Waals surface area contributed by atoms with Crippen molar-refractivity contribution in [3.8, 4) is 0 Å². The van der Waals surface area contributed by atoms with E-state index >= 15 is 0 Å². The number of nitrogens with zero attached hydrogens (tertiary/aromatic N) is 1. The fourth-order valence-corrected chi connectivity index (χ4v) is 1.59. The first kappa shape index (κ1) is 12.8. The maximum absolute atomic E-state index is 12.2. The Morgan fingerprint density at radius 1 is 1.27 bits per heavy atom. The minimum absolute atomic E-state index is 0.176. The van der Waals surface area contributed by atoms with Gasteiger partial charge in [0.15, 0.2) is 0 Å². The van der Waals surface area contributed by atoms with Crippen molar-refractivity contribution in [3.63, 3.8) is 0 Å². The third-order valence-corrected chi connectivity index (χ3v) is 2.45. The van der Waals surface area contributed by atoms with Crippen LogP contribution >= 0.6 is 0 Å². The van der Waals surface area contributed by atoms with E-state index in [0.29, 0.717) is 13.1 Å². The summed E-state index contributed by atoms with van der Waals surface area (Å²) in [4.78, 5) is 1.54. The monoisotopic (exact) mass is 224 g/mol. The smallest absolute Gasteiger partial charge is 0.315 e. The number of halogens is 3. The van der Waals surface area contributed by atoms with Gasteiger partial charge in [0.2, 0.25) is 0 Å². The zero-order valence-corrected chi connectivity index (χ0v) is 9.11. The van der Waals surface area contributed by atoms with Gasteiger partial charge in [0.05, 0.1) is 6.54 Å². The third kappa shape index (κ3) is 5.99. The van der Waals surface area contributed by atoms with Crippen LogP contribution in [-0.4, -0.2) is 43.3 Å². The largest absolute Gasteiger partial charge is 0.401 e. The van der Waals surface area contributed by atoms with E-state index in [1.807, 2.05) is 6.92 Å². The van der Waals surface area contributed by atoms with Crippen LogP contribution in [0, 0.1) is 0 Å². The van der Waals surface area contributed by atoms with Crippen LogP contribution in [-0.2, 0) is 0 Å². The van der Waals surface area contributed by atoms with E-state index in [1.54, 1.807) is 4.90 Å². The van der Waals surface area contributed by atoms with Crippen LogP contribution < -0.4 is 5.32 Å². The third-order valence-electron chi connectivity index (χ3n) is 2.45. The van der Waals surface area contributed by atoms with Crippen molar-refractivity contribution in [3.05, 3.63) is 0 Å². The molecule has 5 heteroatoms. The summed E-state index contributed by atoms with van der Waals surface area (Å²) in [5, 5.41) is 3.12. The van der Waals surface area contributed by atoms with Gasteiger partial charge in [0.1, 0.15) is 0 Å². The van der Waals surface area contributed by atoms with Crippen LogP contribution in [0.1, 0.15) is 26.2 Å². The van der Waals surface area contributed by atoms with Gasteiger partial charge in [-0.1, -0.05) is 6.92 Å². The van der Waals surface area contributed by atoms with E-state index in [2.05, 4.69) is 5.32 Å². The second kappa shape index (κ2) is 5.70. The summed E-state index contributed by atoms with van der Waals surface area (Å²) < 4.78 is 36.6. The van der Waals surface area contributed by atoms with Crippen LogP contribution in [0.25, 0.3) is 0 Å². The molecule has 0 bridgehead atoms. The highest BCUT2D eigenvalue weighted by atomic mass is 19.4. The minimum Gasteiger partial charge on any atom is -0.315 e. The van der Waals surface area contributed by atoms with Gasteiger partial charge in [0.25, 0.3) is 0 Å². The van der Waals surface area contributed by atoms with E-state index in [9.17, 15) is 13.2 Å². The summed E-state index contributed by atoms with van der Waals surface area (Å²) in [5.74, 6) is 0. The van der Waals surface area contributed by atoms with Gasteiger partial charge in [-0.3, -0.25) is 4.90 Å². The van der Waals surface area contributed by atoms with Crippen LogP contribution in [0.15, 0.2) is 0 Å². The maximum Gasteiger partial charge on any atom is 0.401 e. The van der Waals surface area contributed by atoms with Crippen molar-refractivity contribution in [1.82, 2.24) is 10.2 Å². The van der Waals surface area contributed by atoms with E-state index in [-0.39, 0.29) is 6.04 Å². The fraction of sp³-hybridized carbons (Fsp3) is 1.00. The number of hydrogen-bond donors (Lipinski definition) is 1. The lowest BCUT2D eigenvalue weighted by Crippen LogP contribution is -2.40. The van der Waals surface area contributed by atoms with Gasteiger partial charge in [-0.15, -0.1) is 0 Å². The molecule has 0 aromatic rings. The molecule has 0 heterocycles. The van der Waals surface area contributed by atoms with Crippen molar-refractivity contribution < 1.29 is 13.2 Å². The summed E-state index contributed by atoms with van der Waals surface area (Å²) in [6, 6.07) is 0.176. The quantitative estimate of drug-likeness (QED) is 0.665. The standard InChI is InChI=1S/C10H19F3N2/c1-2-5-14-6-7-15(9-3-4-9)8-10(11,12)13/h9,14H,2-8H2,1H3. The van der Waals surface area contributed by atoms with Crippen molar-refractivity contribution in [2.45, 2.75) is 38.4 Å². The molecule has 0 aromatic heterocycles. The van der Waals surface area contributed by atoms with Crippen LogP contribution in [0.2, 0.25) is 0 Å². The molecule has 0 radical (unpaired) electrons. The Morgan fingerprint density at radius 2 is 1.93 bits per heavy atom. The second-order valence-electron chi connectivity index (χ2n) is 4.07. The minimum atomic E-state index is -4.06. The molecule has 0 aliphatic heterocycles. The summed E-state index contributed by atoms with van der Waals surface area (Å²) >= 11 is 0. The highest BCUT2D eigenvalue weighted by Crippen LogP contribution is 2.29. The van der Waals surface area contributed by atoms with Crippen LogP contribution in [0.3, 0.4) is 0 Å². The molecule has 90 valence electrons. The van der Waals surface area contributed by atoms with Crippen molar-refractivity contribution in [2.75, 3.05) is 26.2 Å². The molecule has 1 rings (SSSR count). The highest BCUT2D eigenvalue weighted by Gasteiger charge is 2.37. The fourth-order valence-electron chi connectivity index (χ4n) is 1.59. The predicted octanol–water partition coefficient (Wildman–Crippen LogP) is 2.01. The molecular weight excluding hydrogens is 205 g/mol. The number of alkyl halides is 3. The average Bonchev–Trinajstić information content (AvgIpc) is 2.91. The molecule has 0 atom stereocenters. The molecule has 0 saturated heterocycles. The first-order valence-corrected chi connectivity index (χ1v) is 5.54. The molecule has 0 aromatic carbocycles. The number of hydrogen-bond acceptors (Lipinski definition) is 2. The summed E-state index contributed by atoms with van der Waals surface area (Å²) in [6.45, 7) is 3.32. The van der Waals surface area contributed by atoms with Crippen LogP contribution in [0.4, 0.5) is 13.2 Å². The lowest BCUT2D eigenvalue weighted by molar-refractivity contribution is -0.147. The van der Waals surface area contributed by atoms with Gasteiger partial charge in [-0.25, -0.2) is 0 Å². The topological polar surface area (TPSA) is 15.3 Å². The zero-order chi connectivity index (χ0) is 11.3. The number of rotatable bonds is 7. The summed E-state index contributed by atoms with van der Waals surface area (Å²) in [5.41, 5.74) is 0. The van der Waals surface area contributed by atoms with Crippen molar-refractivity contribution in [2.24, 2.45) is 0 Å². The SMILES string of the molecule is CCCNCCN(CC(F)(F)F)C1CC1. The second-order valence-corrected chi connectivity index (χ2v) is 4.07. The van der Waals surface area contributed by atoms with Gasteiger partial charge in [-0.2, -0.15) is 13.2 Å². The molecule has 1 aliphatic carbocycles. The Labute approximate surface area is 88.8 Å². The summed E-state index contributed by atoms with van der Waals surface area (Å²) in [6.07, 6.45) is -1.20. The molecule has 0 amide bonds. The van der Waals surface area contributed by atoms with E-state index in [0.717, 1.165) is 25.8 Å². The molecule has 1 fully saturated rings. The highest BCUT2D eigenvalue weighted by molar-refractivity contribution is 4.85.